The van der Waals surface area contributed by atoms with Crippen LogP contribution in [0.5, 0.6) is 5.75 Å². The van der Waals surface area contributed by atoms with Crippen LogP contribution in [0.1, 0.15) is 16.1 Å². The van der Waals surface area contributed by atoms with Crippen LogP contribution in [0, 0.1) is 5.82 Å². The summed E-state index contributed by atoms with van der Waals surface area (Å²) >= 11 is 0. The predicted octanol–water partition coefficient (Wildman–Crippen LogP) is 4.24. The Balaban J connectivity index is 1.31. The van der Waals surface area contributed by atoms with Crippen LogP contribution in [0.4, 0.5) is 4.39 Å². The molecule has 0 N–H and O–H groups in total. The Labute approximate surface area is 197 Å². The van der Waals surface area contributed by atoms with Gasteiger partial charge in [0.1, 0.15) is 11.4 Å². The summed E-state index contributed by atoms with van der Waals surface area (Å²) < 4.78 is 26.2. The van der Waals surface area contributed by atoms with Gasteiger partial charge in [-0.25, -0.2) is 9.07 Å². The normalized spacial score (nSPS) is 14.4. The van der Waals surface area contributed by atoms with Gasteiger partial charge in [0.05, 0.1) is 19.1 Å². The Kier molecular flexibility index (Phi) is 6.14. The van der Waals surface area contributed by atoms with Gasteiger partial charge in [-0.15, -0.1) is 0 Å². The second kappa shape index (κ2) is 9.52. The summed E-state index contributed by atoms with van der Waals surface area (Å²) in [5, 5.41) is 4.65. The number of para-hydroxylation sites is 1. The lowest BCUT2D eigenvalue weighted by Gasteiger charge is -2.34. The largest absolute Gasteiger partial charge is 0.494 e. The van der Waals surface area contributed by atoms with Gasteiger partial charge in [0, 0.05) is 38.8 Å². The average Bonchev–Trinajstić information content (AvgIpc) is 3.55. The van der Waals surface area contributed by atoms with E-state index in [2.05, 4.69) is 10.00 Å². The fourth-order valence-corrected chi connectivity index (χ4v) is 4.18. The molecule has 2 aromatic carbocycles. The minimum Gasteiger partial charge on any atom is -0.494 e. The van der Waals surface area contributed by atoms with Gasteiger partial charge in [-0.3, -0.25) is 9.69 Å². The molecule has 1 aliphatic rings. The monoisotopic (exact) mass is 460 g/mol. The van der Waals surface area contributed by atoms with Gasteiger partial charge >= 0.3 is 0 Å². The molecule has 34 heavy (non-hydrogen) atoms. The molecule has 0 unspecified atom stereocenters. The van der Waals surface area contributed by atoms with Crippen molar-refractivity contribution in [1.29, 1.82) is 0 Å². The molecule has 0 saturated carbocycles. The SMILES string of the molecule is COc1ccc(CN2CCN(C(=O)c3cc(-c4ccco4)nn3-c3ccccc3)CC2)cc1F. The van der Waals surface area contributed by atoms with Gasteiger partial charge in [-0.1, -0.05) is 24.3 Å². The van der Waals surface area contributed by atoms with Crippen LogP contribution in [0.15, 0.2) is 77.4 Å². The quantitative estimate of drug-likeness (QED) is 0.431. The van der Waals surface area contributed by atoms with E-state index in [1.165, 1.54) is 13.2 Å². The number of hydrogen-bond acceptors (Lipinski definition) is 5. The number of aromatic nitrogens is 2. The van der Waals surface area contributed by atoms with Crippen LogP contribution < -0.4 is 4.74 Å². The molecule has 7 nitrogen and oxygen atoms in total. The zero-order valence-electron chi connectivity index (χ0n) is 18.9. The van der Waals surface area contributed by atoms with Crippen molar-refractivity contribution in [2.24, 2.45) is 0 Å². The number of rotatable bonds is 6. The Morgan fingerprint density at radius 2 is 1.82 bits per heavy atom. The predicted molar refractivity (Wildman–Crippen MR) is 125 cm³/mol. The van der Waals surface area contributed by atoms with Crippen molar-refractivity contribution in [2.45, 2.75) is 6.54 Å². The van der Waals surface area contributed by atoms with Gasteiger partial charge in [0.25, 0.3) is 5.91 Å². The summed E-state index contributed by atoms with van der Waals surface area (Å²) in [6, 6.07) is 20.0. The van der Waals surface area contributed by atoms with Crippen LogP contribution >= 0.6 is 0 Å². The smallest absolute Gasteiger partial charge is 0.272 e. The highest BCUT2D eigenvalue weighted by Crippen LogP contribution is 2.24. The number of piperazine rings is 1. The zero-order valence-corrected chi connectivity index (χ0v) is 18.9. The Morgan fingerprint density at radius 1 is 1.03 bits per heavy atom. The van der Waals surface area contributed by atoms with Crippen LogP contribution in [0.2, 0.25) is 0 Å². The molecule has 0 spiro atoms. The van der Waals surface area contributed by atoms with E-state index in [9.17, 15) is 9.18 Å². The molecule has 174 valence electrons. The standard InChI is InChI=1S/C26H25FN4O3/c1-33-24-10-9-19(16-21(24)27)18-29-11-13-30(14-12-29)26(32)23-17-22(25-8-5-15-34-25)28-31(23)20-6-3-2-4-7-20/h2-10,15-17H,11-14,18H2,1H3. The Morgan fingerprint density at radius 3 is 2.50 bits per heavy atom. The van der Waals surface area contributed by atoms with Crippen LogP contribution in [-0.4, -0.2) is 58.8 Å². The molecule has 8 heteroatoms. The number of carbonyl (C=O) groups excluding carboxylic acids is 1. The molecule has 1 amide bonds. The first-order valence-electron chi connectivity index (χ1n) is 11.2. The summed E-state index contributed by atoms with van der Waals surface area (Å²) in [4.78, 5) is 17.6. The number of carbonyl (C=O) groups is 1. The third-order valence-corrected chi connectivity index (χ3v) is 5.98. The van der Waals surface area contributed by atoms with Crippen LogP contribution in [0.25, 0.3) is 17.1 Å². The van der Waals surface area contributed by atoms with Crippen molar-refractivity contribution in [3.8, 4) is 22.9 Å². The van der Waals surface area contributed by atoms with Gasteiger partial charge in [0.2, 0.25) is 0 Å². The van der Waals surface area contributed by atoms with Gasteiger partial charge < -0.3 is 14.1 Å². The highest BCUT2D eigenvalue weighted by Gasteiger charge is 2.27. The maximum absolute atomic E-state index is 14.0. The van der Waals surface area contributed by atoms with Crippen molar-refractivity contribution in [3.05, 3.63) is 90.1 Å². The van der Waals surface area contributed by atoms with Crippen LogP contribution in [-0.2, 0) is 6.54 Å². The lowest BCUT2D eigenvalue weighted by Crippen LogP contribution is -2.48. The summed E-state index contributed by atoms with van der Waals surface area (Å²) in [7, 11) is 1.45. The lowest BCUT2D eigenvalue weighted by atomic mass is 10.1. The Bertz CT molecular complexity index is 1260. The first-order valence-corrected chi connectivity index (χ1v) is 11.2. The third-order valence-electron chi connectivity index (χ3n) is 5.98. The molecule has 0 atom stereocenters. The molecule has 1 fully saturated rings. The molecule has 1 aliphatic heterocycles. The molecule has 0 radical (unpaired) electrons. The van der Waals surface area contributed by atoms with Crippen LogP contribution in [0.3, 0.4) is 0 Å². The third kappa shape index (κ3) is 4.45. The highest BCUT2D eigenvalue weighted by molar-refractivity contribution is 5.94. The first-order chi connectivity index (χ1) is 16.6. The maximum Gasteiger partial charge on any atom is 0.272 e. The minimum atomic E-state index is -0.365. The van der Waals surface area contributed by atoms with Crippen molar-refractivity contribution in [1.82, 2.24) is 19.6 Å². The Hall–Kier alpha value is -3.91. The van der Waals surface area contributed by atoms with Crippen molar-refractivity contribution in [3.63, 3.8) is 0 Å². The number of furan rings is 1. The topological polar surface area (TPSA) is 63.7 Å². The molecule has 2 aromatic heterocycles. The van der Waals surface area contributed by atoms with E-state index in [4.69, 9.17) is 9.15 Å². The molecule has 0 aliphatic carbocycles. The van der Waals surface area contributed by atoms with Crippen molar-refractivity contribution in [2.75, 3.05) is 33.3 Å². The first kappa shape index (κ1) is 21.9. The number of benzene rings is 2. The lowest BCUT2D eigenvalue weighted by molar-refractivity contribution is 0.0619. The number of amides is 1. The van der Waals surface area contributed by atoms with E-state index >= 15 is 0 Å². The summed E-state index contributed by atoms with van der Waals surface area (Å²) in [5.41, 5.74) is 2.78. The molecule has 0 bridgehead atoms. The zero-order chi connectivity index (χ0) is 23.5. The molecule has 4 aromatic rings. The van der Waals surface area contributed by atoms with Gasteiger partial charge in [-0.05, 0) is 42.0 Å². The maximum atomic E-state index is 14.0. The van der Waals surface area contributed by atoms with E-state index in [0.29, 0.717) is 49.9 Å². The minimum absolute atomic E-state index is 0.0794. The number of ether oxygens (including phenoxy) is 1. The van der Waals surface area contributed by atoms with Crippen molar-refractivity contribution < 1.29 is 18.3 Å². The second-order valence-corrected chi connectivity index (χ2v) is 8.18. The van der Waals surface area contributed by atoms with E-state index in [1.54, 1.807) is 29.1 Å². The van der Waals surface area contributed by atoms with Gasteiger partial charge in [-0.2, -0.15) is 5.10 Å². The molecule has 5 rings (SSSR count). The summed E-state index contributed by atoms with van der Waals surface area (Å²) in [6.45, 7) is 3.17. The number of methoxy groups -OCH3 is 1. The van der Waals surface area contributed by atoms with E-state index in [0.717, 1.165) is 11.3 Å². The second-order valence-electron chi connectivity index (χ2n) is 8.18. The van der Waals surface area contributed by atoms with Gasteiger partial charge in [0.15, 0.2) is 17.3 Å². The molecular weight excluding hydrogens is 435 g/mol. The molecule has 1 saturated heterocycles. The van der Waals surface area contributed by atoms with E-state index < -0.39 is 0 Å². The highest BCUT2D eigenvalue weighted by atomic mass is 19.1. The van der Waals surface area contributed by atoms with E-state index in [-0.39, 0.29) is 17.5 Å². The fraction of sp³-hybridized carbons (Fsp3) is 0.231. The fourth-order valence-electron chi connectivity index (χ4n) is 4.18. The number of hydrogen-bond donors (Lipinski definition) is 0. The number of nitrogens with zero attached hydrogens (tertiary/aromatic N) is 4. The number of halogens is 1. The average molecular weight is 461 g/mol. The summed E-state index contributed by atoms with van der Waals surface area (Å²) in [5.74, 6) is 0.406. The van der Waals surface area contributed by atoms with E-state index in [1.807, 2.05) is 47.4 Å². The van der Waals surface area contributed by atoms with Crippen molar-refractivity contribution >= 4 is 5.91 Å². The molecular formula is C26H25FN4O3. The molecule has 3 heterocycles. The summed E-state index contributed by atoms with van der Waals surface area (Å²) in [6.07, 6.45) is 1.59.